The first kappa shape index (κ1) is 16.9. The number of aromatic hydroxyl groups is 1. The minimum Gasteiger partial charge on any atom is -0.508 e. The molecule has 7 heteroatoms. The first-order chi connectivity index (χ1) is 12.1. The third-order valence-corrected chi connectivity index (χ3v) is 4.14. The van der Waals surface area contributed by atoms with Gasteiger partial charge in [-0.3, -0.25) is 0 Å². The van der Waals surface area contributed by atoms with Crippen molar-refractivity contribution in [1.82, 2.24) is 14.9 Å². The molecule has 0 saturated carbocycles. The minimum absolute atomic E-state index is 0.0345. The van der Waals surface area contributed by atoms with E-state index >= 15 is 0 Å². The van der Waals surface area contributed by atoms with Crippen molar-refractivity contribution in [2.24, 2.45) is 5.18 Å². The van der Waals surface area contributed by atoms with Gasteiger partial charge in [-0.2, -0.15) is 10.0 Å². The number of hydrogen-bond donors (Lipinski definition) is 1. The zero-order valence-corrected chi connectivity index (χ0v) is 14.5. The maximum absolute atomic E-state index is 11.1. The van der Waals surface area contributed by atoms with Gasteiger partial charge in [-0.15, -0.1) is 0 Å². The summed E-state index contributed by atoms with van der Waals surface area (Å²) in [5.74, 6) is 0.839. The molecule has 25 heavy (non-hydrogen) atoms. The molecule has 0 bridgehead atoms. The Hall–Kier alpha value is -2.96. The summed E-state index contributed by atoms with van der Waals surface area (Å²) in [6.45, 7) is 5.79. The van der Waals surface area contributed by atoms with Crippen LogP contribution in [0.15, 0.2) is 34.0 Å². The van der Waals surface area contributed by atoms with Gasteiger partial charge in [0, 0.05) is 5.56 Å². The van der Waals surface area contributed by atoms with Crippen molar-refractivity contribution in [3.05, 3.63) is 51.9 Å². The Kier molecular flexibility index (Phi) is 4.65. The second kappa shape index (κ2) is 6.88. The highest BCUT2D eigenvalue weighted by molar-refractivity contribution is 5.70. The summed E-state index contributed by atoms with van der Waals surface area (Å²) in [7, 11) is 0. The van der Waals surface area contributed by atoms with Crippen LogP contribution in [0.1, 0.15) is 36.1 Å². The molecule has 0 saturated heterocycles. The third kappa shape index (κ3) is 3.05. The lowest BCUT2D eigenvalue weighted by atomic mass is 10.0. The average Bonchev–Trinajstić information content (AvgIpc) is 3.10. The van der Waals surface area contributed by atoms with E-state index in [1.807, 2.05) is 13.8 Å². The second-order valence-electron chi connectivity index (χ2n) is 5.94. The van der Waals surface area contributed by atoms with Crippen LogP contribution in [0.2, 0.25) is 0 Å². The van der Waals surface area contributed by atoms with Crippen LogP contribution in [-0.2, 0) is 13.0 Å². The van der Waals surface area contributed by atoms with Gasteiger partial charge in [0.25, 0.3) is 0 Å². The maximum Gasteiger partial charge on any atom is 0.143 e. The van der Waals surface area contributed by atoms with Crippen molar-refractivity contribution < 1.29 is 9.63 Å². The van der Waals surface area contributed by atoms with E-state index < -0.39 is 0 Å². The second-order valence-corrected chi connectivity index (χ2v) is 5.94. The molecule has 0 fully saturated rings. The number of hydrogen-bond acceptors (Lipinski definition) is 6. The molecule has 7 nitrogen and oxygen atoms in total. The monoisotopic (exact) mass is 340 g/mol. The van der Waals surface area contributed by atoms with E-state index in [-0.39, 0.29) is 12.3 Å². The Morgan fingerprint density at radius 2 is 1.96 bits per heavy atom. The van der Waals surface area contributed by atoms with Crippen LogP contribution in [0.3, 0.4) is 0 Å². The number of phenols is 1. The quantitative estimate of drug-likeness (QED) is 0.683. The Labute approximate surface area is 145 Å². The molecule has 0 radical (unpaired) electrons. The van der Waals surface area contributed by atoms with E-state index in [0.29, 0.717) is 5.76 Å². The first-order valence-electron chi connectivity index (χ1n) is 8.19. The van der Waals surface area contributed by atoms with Crippen LogP contribution in [0.25, 0.3) is 16.9 Å². The zero-order valence-electron chi connectivity index (χ0n) is 14.5. The largest absolute Gasteiger partial charge is 0.508 e. The Balaban J connectivity index is 2.31. The molecule has 3 aromatic rings. The van der Waals surface area contributed by atoms with Gasteiger partial charge >= 0.3 is 0 Å². The summed E-state index contributed by atoms with van der Waals surface area (Å²) < 4.78 is 7.10. The fourth-order valence-electron chi connectivity index (χ4n) is 3.02. The summed E-state index contributed by atoms with van der Waals surface area (Å²) >= 11 is 0. The predicted molar refractivity (Wildman–Crippen MR) is 93.7 cm³/mol. The van der Waals surface area contributed by atoms with E-state index in [2.05, 4.69) is 17.3 Å². The molecule has 2 aromatic heterocycles. The van der Waals surface area contributed by atoms with Crippen molar-refractivity contribution in [3.8, 4) is 22.7 Å². The maximum atomic E-state index is 11.1. The summed E-state index contributed by atoms with van der Waals surface area (Å²) in [5, 5.41) is 21.4. The topological polar surface area (TPSA) is 93.5 Å². The fraction of sp³-hybridized carbons (Fsp3) is 0.333. The predicted octanol–water partition coefficient (Wildman–Crippen LogP) is 4.07. The summed E-state index contributed by atoms with van der Waals surface area (Å²) in [4.78, 5) is 11.1. The highest BCUT2D eigenvalue weighted by Gasteiger charge is 2.25. The number of nitrogens with zero attached hydrogens (tertiary/aromatic N) is 4. The number of phenolic OH excluding ortho intramolecular Hbond substituents is 1. The number of aromatic nitrogens is 3. The van der Waals surface area contributed by atoms with Crippen molar-refractivity contribution in [3.63, 3.8) is 0 Å². The van der Waals surface area contributed by atoms with E-state index in [0.717, 1.165) is 46.7 Å². The van der Waals surface area contributed by atoms with Gasteiger partial charge in [0.2, 0.25) is 0 Å². The molecule has 0 amide bonds. The smallest absolute Gasteiger partial charge is 0.143 e. The molecular formula is C18H20N4O3. The van der Waals surface area contributed by atoms with Gasteiger partial charge in [0.1, 0.15) is 18.1 Å². The van der Waals surface area contributed by atoms with Gasteiger partial charge in [0.15, 0.2) is 0 Å². The molecular weight excluding hydrogens is 320 g/mol. The molecule has 130 valence electrons. The number of nitroso groups, excluding NO2 is 1. The normalized spacial score (nSPS) is 11.0. The standard InChI is InChI=1S/C18H20N4O3/c1-4-5-16-15(10-19-24)18(17-11(2)21-25-12(17)3)22(20-16)13-6-8-14(23)9-7-13/h6-9,23H,4-5,10H2,1-3H3. The Bertz CT molecular complexity index is 874. The van der Waals surface area contributed by atoms with E-state index in [4.69, 9.17) is 9.62 Å². The summed E-state index contributed by atoms with van der Waals surface area (Å²) in [6.07, 6.45) is 1.64. The SMILES string of the molecule is CCCc1nn(-c2ccc(O)cc2)c(-c2c(C)noc2C)c1CN=O. The fourth-order valence-corrected chi connectivity index (χ4v) is 3.02. The van der Waals surface area contributed by atoms with Gasteiger partial charge < -0.3 is 9.63 Å². The molecule has 0 aliphatic heterocycles. The Morgan fingerprint density at radius 1 is 1.24 bits per heavy atom. The van der Waals surface area contributed by atoms with Crippen LogP contribution < -0.4 is 0 Å². The van der Waals surface area contributed by atoms with Crippen LogP contribution in [0, 0.1) is 18.8 Å². The van der Waals surface area contributed by atoms with E-state index in [1.165, 1.54) is 0 Å². The average molecular weight is 340 g/mol. The lowest BCUT2D eigenvalue weighted by molar-refractivity contribution is 0.393. The molecule has 2 heterocycles. The van der Waals surface area contributed by atoms with Crippen LogP contribution in [0.4, 0.5) is 0 Å². The van der Waals surface area contributed by atoms with Crippen molar-refractivity contribution in [2.75, 3.05) is 0 Å². The number of rotatable bonds is 6. The number of aryl methyl sites for hydroxylation is 3. The lowest BCUT2D eigenvalue weighted by Crippen LogP contribution is -2.01. The molecule has 0 aliphatic rings. The lowest BCUT2D eigenvalue weighted by Gasteiger charge is -2.09. The van der Waals surface area contributed by atoms with Gasteiger partial charge in [-0.1, -0.05) is 23.7 Å². The van der Waals surface area contributed by atoms with Crippen molar-refractivity contribution >= 4 is 0 Å². The summed E-state index contributed by atoms with van der Waals surface area (Å²) in [6, 6.07) is 6.76. The van der Waals surface area contributed by atoms with E-state index in [1.54, 1.807) is 28.9 Å². The highest BCUT2D eigenvalue weighted by atomic mass is 16.5. The molecule has 1 N–H and O–H groups in total. The van der Waals surface area contributed by atoms with Crippen molar-refractivity contribution in [1.29, 1.82) is 0 Å². The van der Waals surface area contributed by atoms with Gasteiger partial charge in [-0.05, 0) is 44.5 Å². The van der Waals surface area contributed by atoms with E-state index in [9.17, 15) is 10.0 Å². The van der Waals surface area contributed by atoms with Crippen LogP contribution in [-0.4, -0.2) is 20.0 Å². The van der Waals surface area contributed by atoms with Gasteiger partial charge in [-0.25, -0.2) is 4.68 Å². The highest BCUT2D eigenvalue weighted by Crippen LogP contribution is 2.35. The number of benzene rings is 1. The van der Waals surface area contributed by atoms with Crippen LogP contribution in [0.5, 0.6) is 5.75 Å². The zero-order chi connectivity index (χ0) is 18.0. The van der Waals surface area contributed by atoms with Crippen molar-refractivity contribution in [2.45, 2.75) is 40.2 Å². The first-order valence-corrected chi connectivity index (χ1v) is 8.19. The molecule has 0 unspecified atom stereocenters. The third-order valence-electron chi connectivity index (χ3n) is 4.14. The van der Waals surface area contributed by atoms with Crippen LogP contribution >= 0.6 is 0 Å². The minimum atomic E-state index is 0.0345. The summed E-state index contributed by atoms with van der Waals surface area (Å²) in [5.41, 5.74) is 4.73. The Morgan fingerprint density at radius 3 is 2.52 bits per heavy atom. The van der Waals surface area contributed by atoms with Gasteiger partial charge in [0.05, 0.1) is 28.3 Å². The molecule has 0 atom stereocenters. The molecule has 0 spiro atoms. The molecule has 3 rings (SSSR count). The molecule has 0 aliphatic carbocycles. The molecule has 1 aromatic carbocycles.